The number of ketones is 1. The third-order valence-electron chi connectivity index (χ3n) is 4.84. The lowest BCUT2D eigenvalue weighted by Crippen LogP contribution is -2.35. The first-order valence-corrected chi connectivity index (χ1v) is 6.70. The van der Waals surface area contributed by atoms with E-state index in [1.54, 1.807) is 0 Å². The Balaban J connectivity index is 1.82. The highest BCUT2D eigenvalue weighted by Crippen LogP contribution is 2.41. The minimum Gasteiger partial charge on any atom is -0.379 e. The standard InChI is InChI=1S/C14H24O2/c1-14(16-2)9-7-12(8-10-14)11-3-5-13(15)6-4-11/h11-12H,3-10H2,1-2H3. The number of methoxy groups -OCH3 is 1. The number of carbonyl (C=O) groups is 1. The fourth-order valence-electron chi connectivity index (χ4n) is 3.36. The first-order chi connectivity index (χ1) is 7.63. The minimum absolute atomic E-state index is 0.126. The second-order valence-electron chi connectivity index (χ2n) is 5.87. The van der Waals surface area contributed by atoms with Crippen LogP contribution in [0.5, 0.6) is 0 Å². The molecule has 0 saturated heterocycles. The van der Waals surface area contributed by atoms with E-state index < -0.39 is 0 Å². The molecule has 0 aromatic carbocycles. The number of hydrogen-bond donors (Lipinski definition) is 0. The Labute approximate surface area is 98.7 Å². The Morgan fingerprint density at radius 3 is 2.06 bits per heavy atom. The molecule has 0 aliphatic heterocycles. The van der Waals surface area contributed by atoms with Gasteiger partial charge < -0.3 is 4.74 Å². The first-order valence-electron chi connectivity index (χ1n) is 6.70. The third-order valence-corrected chi connectivity index (χ3v) is 4.84. The van der Waals surface area contributed by atoms with Gasteiger partial charge in [0.05, 0.1) is 5.60 Å². The van der Waals surface area contributed by atoms with E-state index in [2.05, 4.69) is 6.92 Å². The zero-order chi connectivity index (χ0) is 11.6. The summed E-state index contributed by atoms with van der Waals surface area (Å²) in [6, 6.07) is 0. The van der Waals surface area contributed by atoms with E-state index in [-0.39, 0.29) is 5.60 Å². The van der Waals surface area contributed by atoms with Gasteiger partial charge >= 0.3 is 0 Å². The summed E-state index contributed by atoms with van der Waals surface area (Å²) in [6.07, 6.45) is 8.94. The van der Waals surface area contributed by atoms with Gasteiger partial charge in [-0.25, -0.2) is 0 Å². The van der Waals surface area contributed by atoms with E-state index in [0.717, 1.165) is 37.5 Å². The molecule has 0 spiro atoms. The molecular formula is C14H24O2. The smallest absolute Gasteiger partial charge is 0.132 e. The molecule has 2 saturated carbocycles. The third kappa shape index (κ3) is 2.65. The zero-order valence-corrected chi connectivity index (χ0v) is 10.6. The monoisotopic (exact) mass is 224 g/mol. The maximum Gasteiger partial charge on any atom is 0.132 e. The molecule has 2 heteroatoms. The molecule has 0 aromatic heterocycles. The molecule has 2 rings (SSSR count). The molecule has 0 radical (unpaired) electrons. The van der Waals surface area contributed by atoms with E-state index >= 15 is 0 Å². The number of Topliss-reactive ketones (excluding diaryl/α,β-unsaturated/α-hetero) is 1. The number of rotatable bonds is 2. The van der Waals surface area contributed by atoms with Crippen LogP contribution in [0.4, 0.5) is 0 Å². The van der Waals surface area contributed by atoms with Crippen LogP contribution in [0.25, 0.3) is 0 Å². The normalized spacial score (nSPS) is 37.6. The summed E-state index contributed by atoms with van der Waals surface area (Å²) in [5, 5.41) is 0. The lowest BCUT2D eigenvalue weighted by molar-refractivity contribution is -0.121. The average Bonchev–Trinajstić information content (AvgIpc) is 2.32. The Bertz CT molecular complexity index is 241. The van der Waals surface area contributed by atoms with Gasteiger partial charge in [-0.2, -0.15) is 0 Å². The second-order valence-corrected chi connectivity index (χ2v) is 5.87. The van der Waals surface area contributed by atoms with E-state index in [1.165, 1.54) is 25.7 Å². The molecule has 16 heavy (non-hydrogen) atoms. The zero-order valence-electron chi connectivity index (χ0n) is 10.6. The summed E-state index contributed by atoms with van der Waals surface area (Å²) in [7, 11) is 1.83. The van der Waals surface area contributed by atoms with Gasteiger partial charge in [0.15, 0.2) is 0 Å². The van der Waals surface area contributed by atoms with Gasteiger partial charge in [-0.05, 0) is 57.3 Å². The molecule has 2 aliphatic rings. The summed E-state index contributed by atoms with van der Waals surface area (Å²) in [4.78, 5) is 11.2. The van der Waals surface area contributed by atoms with Crippen LogP contribution in [0.2, 0.25) is 0 Å². The Morgan fingerprint density at radius 1 is 1.06 bits per heavy atom. The van der Waals surface area contributed by atoms with Crippen molar-refractivity contribution in [2.45, 2.75) is 63.9 Å². The average molecular weight is 224 g/mol. The van der Waals surface area contributed by atoms with Crippen LogP contribution >= 0.6 is 0 Å². The highest BCUT2D eigenvalue weighted by molar-refractivity contribution is 5.79. The molecular weight excluding hydrogens is 200 g/mol. The molecule has 2 nitrogen and oxygen atoms in total. The van der Waals surface area contributed by atoms with Crippen molar-refractivity contribution in [1.82, 2.24) is 0 Å². The SMILES string of the molecule is COC1(C)CCC(C2CCC(=O)CC2)CC1. The maximum absolute atomic E-state index is 11.2. The van der Waals surface area contributed by atoms with Crippen LogP contribution < -0.4 is 0 Å². The highest BCUT2D eigenvalue weighted by atomic mass is 16.5. The highest BCUT2D eigenvalue weighted by Gasteiger charge is 2.35. The quantitative estimate of drug-likeness (QED) is 0.719. The summed E-state index contributed by atoms with van der Waals surface area (Å²) in [6.45, 7) is 2.23. The van der Waals surface area contributed by atoms with Gasteiger partial charge in [0.1, 0.15) is 5.78 Å². The van der Waals surface area contributed by atoms with Crippen molar-refractivity contribution in [3.63, 3.8) is 0 Å². The lowest BCUT2D eigenvalue weighted by atomic mass is 9.70. The topological polar surface area (TPSA) is 26.3 Å². The minimum atomic E-state index is 0.126. The Kier molecular flexibility index (Phi) is 3.68. The van der Waals surface area contributed by atoms with Crippen molar-refractivity contribution < 1.29 is 9.53 Å². The summed E-state index contributed by atoms with van der Waals surface area (Å²) in [5.74, 6) is 2.16. The van der Waals surface area contributed by atoms with E-state index in [9.17, 15) is 4.79 Å². The van der Waals surface area contributed by atoms with Gasteiger partial charge in [0.25, 0.3) is 0 Å². The molecule has 2 aliphatic carbocycles. The predicted octanol–water partition coefficient (Wildman–Crippen LogP) is 3.34. The van der Waals surface area contributed by atoms with Gasteiger partial charge in [0.2, 0.25) is 0 Å². The number of carbonyl (C=O) groups excluding carboxylic acids is 1. The molecule has 0 atom stereocenters. The summed E-state index contributed by atoms with van der Waals surface area (Å²) < 4.78 is 5.58. The lowest BCUT2D eigenvalue weighted by Gasteiger charge is -2.40. The molecule has 0 aromatic rings. The second kappa shape index (κ2) is 4.87. The van der Waals surface area contributed by atoms with Gasteiger partial charge in [-0.3, -0.25) is 4.79 Å². The Morgan fingerprint density at radius 2 is 1.56 bits per heavy atom. The van der Waals surface area contributed by atoms with Crippen molar-refractivity contribution in [2.75, 3.05) is 7.11 Å². The van der Waals surface area contributed by atoms with E-state index in [0.29, 0.717) is 5.78 Å². The number of hydrogen-bond acceptors (Lipinski definition) is 2. The van der Waals surface area contributed by atoms with Crippen LogP contribution in [-0.2, 0) is 9.53 Å². The van der Waals surface area contributed by atoms with Gasteiger partial charge in [-0.15, -0.1) is 0 Å². The molecule has 0 heterocycles. The van der Waals surface area contributed by atoms with Crippen LogP contribution in [0.3, 0.4) is 0 Å². The van der Waals surface area contributed by atoms with Crippen LogP contribution in [0.1, 0.15) is 58.3 Å². The Hall–Kier alpha value is -0.370. The van der Waals surface area contributed by atoms with Crippen molar-refractivity contribution in [3.8, 4) is 0 Å². The molecule has 0 N–H and O–H groups in total. The van der Waals surface area contributed by atoms with Crippen LogP contribution in [0.15, 0.2) is 0 Å². The van der Waals surface area contributed by atoms with Gasteiger partial charge in [-0.1, -0.05) is 0 Å². The molecule has 0 unspecified atom stereocenters. The fourth-order valence-corrected chi connectivity index (χ4v) is 3.36. The van der Waals surface area contributed by atoms with Crippen molar-refractivity contribution in [2.24, 2.45) is 11.8 Å². The van der Waals surface area contributed by atoms with E-state index in [1.807, 2.05) is 7.11 Å². The first kappa shape index (κ1) is 12.1. The van der Waals surface area contributed by atoms with Crippen LogP contribution in [-0.4, -0.2) is 18.5 Å². The van der Waals surface area contributed by atoms with Gasteiger partial charge in [0, 0.05) is 20.0 Å². The van der Waals surface area contributed by atoms with Crippen molar-refractivity contribution >= 4 is 5.78 Å². The molecule has 92 valence electrons. The predicted molar refractivity (Wildman–Crippen MR) is 64.3 cm³/mol. The van der Waals surface area contributed by atoms with Crippen molar-refractivity contribution in [3.05, 3.63) is 0 Å². The van der Waals surface area contributed by atoms with E-state index in [4.69, 9.17) is 4.74 Å². The maximum atomic E-state index is 11.2. The largest absolute Gasteiger partial charge is 0.379 e. The summed E-state index contributed by atoms with van der Waals surface area (Å²) in [5.41, 5.74) is 0.126. The fraction of sp³-hybridized carbons (Fsp3) is 0.929. The molecule has 2 fully saturated rings. The number of ether oxygens (including phenoxy) is 1. The summed E-state index contributed by atoms with van der Waals surface area (Å²) >= 11 is 0. The molecule has 0 bridgehead atoms. The van der Waals surface area contributed by atoms with Crippen molar-refractivity contribution in [1.29, 1.82) is 0 Å². The van der Waals surface area contributed by atoms with Crippen LogP contribution in [0, 0.1) is 11.8 Å². The molecule has 0 amide bonds.